The lowest BCUT2D eigenvalue weighted by atomic mass is 10.2. The molecular formula is C14H12ClNO3. The summed E-state index contributed by atoms with van der Waals surface area (Å²) in [5.41, 5.74) is 6.75. The van der Waals surface area contributed by atoms with Gasteiger partial charge in [0.15, 0.2) is 0 Å². The summed E-state index contributed by atoms with van der Waals surface area (Å²) >= 11 is 5.76. The highest BCUT2D eigenvalue weighted by atomic mass is 35.5. The number of nitrogens with two attached hydrogens (primary N) is 1. The second-order valence-corrected chi connectivity index (χ2v) is 4.41. The minimum Gasteiger partial charge on any atom is -0.506 e. The Morgan fingerprint density at radius 2 is 1.89 bits per heavy atom. The van der Waals surface area contributed by atoms with E-state index in [1.165, 1.54) is 18.2 Å². The monoisotopic (exact) mass is 277 g/mol. The van der Waals surface area contributed by atoms with Crippen LogP contribution >= 0.6 is 11.6 Å². The molecule has 2 rings (SSSR count). The third-order valence-corrected chi connectivity index (χ3v) is 2.80. The van der Waals surface area contributed by atoms with Crippen molar-refractivity contribution in [2.45, 2.75) is 6.61 Å². The molecule has 0 heterocycles. The molecule has 2 aromatic carbocycles. The van der Waals surface area contributed by atoms with Gasteiger partial charge in [0.2, 0.25) is 0 Å². The first-order chi connectivity index (χ1) is 9.06. The number of carbonyl (C=O) groups is 1. The molecule has 3 N–H and O–H groups in total. The summed E-state index contributed by atoms with van der Waals surface area (Å²) in [6.07, 6.45) is 0. The van der Waals surface area contributed by atoms with E-state index >= 15 is 0 Å². The average molecular weight is 278 g/mol. The molecule has 0 atom stereocenters. The van der Waals surface area contributed by atoms with Crippen molar-refractivity contribution < 1.29 is 14.6 Å². The molecule has 98 valence electrons. The molecule has 0 amide bonds. The lowest BCUT2D eigenvalue weighted by Gasteiger charge is -2.06. The van der Waals surface area contributed by atoms with Gasteiger partial charge in [-0.1, -0.05) is 23.7 Å². The van der Waals surface area contributed by atoms with Crippen molar-refractivity contribution >= 4 is 23.3 Å². The van der Waals surface area contributed by atoms with Crippen molar-refractivity contribution in [3.05, 3.63) is 58.6 Å². The number of nitrogen functional groups attached to an aromatic ring is 1. The van der Waals surface area contributed by atoms with Gasteiger partial charge in [-0.25, -0.2) is 4.79 Å². The zero-order valence-corrected chi connectivity index (χ0v) is 10.7. The van der Waals surface area contributed by atoms with Crippen LogP contribution in [0.2, 0.25) is 5.02 Å². The lowest BCUT2D eigenvalue weighted by Crippen LogP contribution is -2.05. The standard InChI is InChI=1S/C14H12ClNO3/c15-11-4-1-9(2-5-11)8-19-14(18)10-3-6-12(16)13(17)7-10/h1-7,17H,8,16H2. The normalized spacial score (nSPS) is 10.2. The van der Waals surface area contributed by atoms with Crippen LogP contribution in [0, 0.1) is 0 Å². The van der Waals surface area contributed by atoms with Crippen molar-refractivity contribution in [1.29, 1.82) is 0 Å². The van der Waals surface area contributed by atoms with Crippen LogP contribution in [-0.2, 0) is 11.3 Å². The van der Waals surface area contributed by atoms with Gasteiger partial charge in [-0.15, -0.1) is 0 Å². The molecule has 19 heavy (non-hydrogen) atoms. The zero-order valence-electron chi connectivity index (χ0n) is 9.97. The van der Waals surface area contributed by atoms with Gasteiger partial charge < -0.3 is 15.6 Å². The SMILES string of the molecule is Nc1ccc(C(=O)OCc2ccc(Cl)cc2)cc1O. The van der Waals surface area contributed by atoms with Crippen LogP contribution in [-0.4, -0.2) is 11.1 Å². The molecule has 2 aromatic rings. The zero-order chi connectivity index (χ0) is 13.8. The molecule has 0 aromatic heterocycles. The van der Waals surface area contributed by atoms with Gasteiger partial charge in [-0.3, -0.25) is 0 Å². The quantitative estimate of drug-likeness (QED) is 0.514. The number of aromatic hydroxyl groups is 1. The van der Waals surface area contributed by atoms with Gasteiger partial charge >= 0.3 is 5.97 Å². The number of hydrogen-bond acceptors (Lipinski definition) is 4. The Kier molecular flexibility index (Phi) is 3.92. The number of rotatable bonds is 3. The minimum absolute atomic E-state index is 0.138. The van der Waals surface area contributed by atoms with E-state index in [2.05, 4.69) is 0 Å². The van der Waals surface area contributed by atoms with Crippen molar-refractivity contribution in [3.63, 3.8) is 0 Å². The van der Waals surface area contributed by atoms with Crippen LogP contribution in [0.5, 0.6) is 5.75 Å². The van der Waals surface area contributed by atoms with Crippen molar-refractivity contribution in [1.82, 2.24) is 0 Å². The molecule has 0 aliphatic heterocycles. The molecule has 4 nitrogen and oxygen atoms in total. The van der Waals surface area contributed by atoms with Gasteiger partial charge in [-0.05, 0) is 35.9 Å². The van der Waals surface area contributed by atoms with Gasteiger partial charge in [0, 0.05) is 5.02 Å². The number of ether oxygens (including phenoxy) is 1. The number of benzene rings is 2. The van der Waals surface area contributed by atoms with Crippen LogP contribution < -0.4 is 5.73 Å². The number of halogens is 1. The maximum Gasteiger partial charge on any atom is 0.338 e. The Morgan fingerprint density at radius 3 is 2.53 bits per heavy atom. The van der Waals surface area contributed by atoms with Crippen LogP contribution in [0.25, 0.3) is 0 Å². The summed E-state index contributed by atoms with van der Waals surface area (Å²) in [6, 6.07) is 11.2. The summed E-state index contributed by atoms with van der Waals surface area (Å²) in [7, 11) is 0. The Morgan fingerprint density at radius 1 is 1.21 bits per heavy atom. The highest BCUT2D eigenvalue weighted by molar-refractivity contribution is 6.30. The minimum atomic E-state index is -0.523. The lowest BCUT2D eigenvalue weighted by molar-refractivity contribution is 0.0472. The molecule has 0 bridgehead atoms. The molecule has 0 saturated heterocycles. The predicted molar refractivity (Wildman–Crippen MR) is 73.1 cm³/mol. The van der Waals surface area contributed by atoms with Gasteiger partial charge in [-0.2, -0.15) is 0 Å². The summed E-state index contributed by atoms with van der Waals surface area (Å²) in [4.78, 5) is 11.7. The van der Waals surface area contributed by atoms with Gasteiger partial charge in [0.1, 0.15) is 12.4 Å². The topological polar surface area (TPSA) is 72.6 Å². The Hall–Kier alpha value is -2.20. The first-order valence-corrected chi connectivity index (χ1v) is 5.94. The number of esters is 1. The highest BCUT2D eigenvalue weighted by Gasteiger charge is 2.09. The maximum absolute atomic E-state index is 11.7. The van der Waals surface area contributed by atoms with Crippen LogP contribution in [0.1, 0.15) is 15.9 Å². The third-order valence-electron chi connectivity index (χ3n) is 2.55. The second-order valence-electron chi connectivity index (χ2n) is 3.98. The van der Waals surface area contributed by atoms with Gasteiger partial charge in [0.05, 0.1) is 11.3 Å². The largest absolute Gasteiger partial charge is 0.506 e. The van der Waals surface area contributed by atoms with E-state index in [0.29, 0.717) is 5.02 Å². The summed E-state index contributed by atoms with van der Waals surface area (Å²) in [5.74, 6) is -0.661. The molecular weight excluding hydrogens is 266 g/mol. The predicted octanol–water partition coefficient (Wildman–Crippen LogP) is 2.98. The molecule has 0 aliphatic carbocycles. The smallest absolute Gasteiger partial charge is 0.338 e. The van der Waals surface area contributed by atoms with E-state index in [9.17, 15) is 9.90 Å². The molecule has 0 aliphatic rings. The number of phenolic OH excluding ortho intramolecular Hbond substituents is 1. The summed E-state index contributed by atoms with van der Waals surface area (Å²) in [5, 5.41) is 10.0. The first-order valence-electron chi connectivity index (χ1n) is 5.56. The van der Waals surface area contributed by atoms with Crippen LogP contribution in [0.15, 0.2) is 42.5 Å². The van der Waals surface area contributed by atoms with E-state index in [-0.39, 0.29) is 23.6 Å². The van der Waals surface area contributed by atoms with Crippen LogP contribution in [0.3, 0.4) is 0 Å². The second kappa shape index (κ2) is 5.63. The summed E-state index contributed by atoms with van der Waals surface area (Å²) < 4.78 is 5.11. The fourth-order valence-electron chi connectivity index (χ4n) is 1.48. The average Bonchev–Trinajstić information content (AvgIpc) is 2.41. The molecule has 0 radical (unpaired) electrons. The van der Waals surface area contributed by atoms with E-state index < -0.39 is 5.97 Å². The van der Waals surface area contributed by atoms with Crippen molar-refractivity contribution in [2.24, 2.45) is 0 Å². The van der Waals surface area contributed by atoms with E-state index in [0.717, 1.165) is 5.56 Å². The Bertz CT molecular complexity index is 596. The molecule has 5 heteroatoms. The van der Waals surface area contributed by atoms with Gasteiger partial charge in [0.25, 0.3) is 0 Å². The third kappa shape index (κ3) is 3.39. The molecule has 0 spiro atoms. The number of anilines is 1. The van der Waals surface area contributed by atoms with E-state index in [4.69, 9.17) is 22.1 Å². The first kappa shape index (κ1) is 13.2. The molecule has 0 unspecified atom stereocenters. The van der Waals surface area contributed by atoms with Crippen molar-refractivity contribution in [2.75, 3.05) is 5.73 Å². The maximum atomic E-state index is 11.7. The highest BCUT2D eigenvalue weighted by Crippen LogP contribution is 2.21. The fourth-order valence-corrected chi connectivity index (χ4v) is 1.61. The van der Waals surface area contributed by atoms with Crippen LogP contribution in [0.4, 0.5) is 5.69 Å². The molecule has 0 fully saturated rings. The Balaban J connectivity index is 2.01. The van der Waals surface area contributed by atoms with E-state index in [1.54, 1.807) is 24.3 Å². The van der Waals surface area contributed by atoms with Crippen molar-refractivity contribution in [3.8, 4) is 5.75 Å². The number of phenols is 1. The van der Waals surface area contributed by atoms with E-state index in [1.807, 2.05) is 0 Å². The number of hydrogen-bond donors (Lipinski definition) is 2. The number of carbonyl (C=O) groups excluding carboxylic acids is 1. The summed E-state index contributed by atoms with van der Waals surface area (Å²) in [6.45, 7) is 0.140. The fraction of sp³-hybridized carbons (Fsp3) is 0.0714. The Labute approximate surface area is 115 Å². The molecule has 0 saturated carbocycles.